The number of H-pyrrole nitrogens is 1. The second kappa shape index (κ2) is 5.50. The second-order valence-corrected chi connectivity index (χ2v) is 5.27. The Hall–Kier alpha value is -2.46. The summed E-state index contributed by atoms with van der Waals surface area (Å²) in [5.74, 6) is -0.0956. The van der Waals surface area contributed by atoms with E-state index in [1.807, 2.05) is 30.5 Å². The van der Waals surface area contributed by atoms with E-state index in [4.69, 9.17) is 17.3 Å². The Morgan fingerprint density at radius 2 is 2.05 bits per heavy atom. The number of benzene rings is 2. The van der Waals surface area contributed by atoms with Crippen molar-refractivity contribution in [1.82, 2.24) is 4.98 Å². The number of rotatable bonds is 3. The van der Waals surface area contributed by atoms with Crippen molar-refractivity contribution in [2.45, 2.75) is 6.42 Å². The standard InChI is InChI=1S/C16H14ClN3O/c17-13-9-12(3-4-14(13)18)20-16(21)8-10-1-2-11-5-6-19-15(11)7-10/h1-7,9,19H,8,18H2,(H,20,21). The van der Waals surface area contributed by atoms with Gasteiger partial charge in [-0.1, -0.05) is 23.7 Å². The molecule has 0 saturated heterocycles. The number of amides is 1. The zero-order valence-corrected chi connectivity index (χ0v) is 11.9. The van der Waals surface area contributed by atoms with Gasteiger partial charge in [0.05, 0.1) is 17.1 Å². The van der Waals surface area contributed by atoms with E-state index in [0.29, 0.717) is 22.8 Å². The number of fused-ring (bicyclic) bond motifs is 1. The molecule has 0 aliphatic rings. The molecule has 4 nitrogen and oxygen atoms in total. The summed E-state index contributed by atoms with van der Waals surface area (Å²) >= 11 is 5.93. The van der Waals surface area contributed by atoms with Gasteiger partial charge in [-0.2, -0.15) is 0 Å². The average molecular weight is 300 g/mol. The Bertz CT molecular complexity index is 810. The van der Waals surface area contributed by atoms with E-state index in [1.165, 1.54) is 0 Å². The number of aromatic amines is 1. The van der Waals surface area contributed by atoms with Gasteiger partial charge in [0.15, 0.2) is 0 Å². The van der Waals surface area contributed by atoms with Crippen molar-refractivity contribution in [2.24, 2.45) is 0 Å². The second-order valence-electron chi connectivity index (χ2n) is 4.86. The number of nitrogen functional groups attached to an aromatic ring is 1. The molecule has 0 aliphatic heterocycles. The third-order valence-electron chi connectivity index (χ3n) is 3.27. The molecule has 5 heteroatoms. The summed E-state index contributed by atoms with van der Waals surface area (Å²) in [5, 5.41) is 4.37. The van der Waals surface area contributed by atoms with Gasteiger partial charge in [-0.15, -0.1) is 0 Å². The minimum atomic E-state index is -0.0956. The fraction of sp³-hybridized carbons (Fsp3) is 0.0625. The molecule has 0 fully saturated rings. The number of halogens is 1. The Morgan fingerprint density at radius 3 is 2.86 bits per heavy atom. The number of carbonyl (C=O) groups excluding carboxylic acids is 1. The van der Waals surface area contributed by atoms with Crippen LogP contribution in [0.3, 0.4) is 0 Å². The lowest BCUT2D eigenvalue weighted by atomic mass is 10.1. The number of carbonyl (C=O) groups is 1. The summed E-state index contributed by atoms with van der Waals surface area (Å²) in [4.78, 5) is 15.2. The van der Waals surface area contributed by atoms with E-state index in [2.05, 4.69) is 10.3 Å². The van der Waals surface area contributed by atoms with Crippen molar-refractivity contribution in [3.05, 3.63) is 59.2 Å². The first-order valence-corrected chi connectivity index (χ1v) is 6.90. The largest absolute Gasteiger partial charge is 0.398 e. The number of nitrogens with one attached hydrogen (secondary N) is 2. The summed E-state index contributed by atoms with van der Waals surface area (Å²) < 4.78 is 0. The molecule has 0 atom stereocenters. The van der Waals surface area contributed by atoms with Crippen LogP contribution in [0.4, 0.5) is 11.4 Å². The zero-order chi connectivity index (χ0) is 14.8. The van der Waals surface area contributed by atoms with E-state index in [9.17, 15) is 4.79 Å². The molecule has 2 aromatic carbocycles. The molecule has 0 spiro atoms. The maximum Gasteiger partial charge on any atom is 0.228 e. The van der Waals surface area contributed by atoms with Gasteiger partial charge in [-0.3, -0.25) is 4.79 Å². The van der Waals surface area contributed by atoms with Crippen LogP contribution in [0.2, 0.25) is 5.02 Å². The van der Waals surface area contributed by atoms with Gasteiger partial charge >= 0.3 is 0 Å². The quantitative estimate of drug-likeness (QED) is 0.647. The highest BCUT2D eigenvalue weighted by atomic mass is 35.5. The molecule has 106 valence electrons. The zero-order valence-electron chi connectivity index (χ0n) is 11.2. The minimum Gasteiger partial charge on any atom is -0.398 e. The number of anilines is 2. The first-order chi connectivity index (χ1) is 10.1. The fourth-order valence-corrected chi connectivity index (χ4v) is 2.38. The third kappa shape index (κ3) is 3.01. The van der Waals surface area contributed by atoms with Crippen LogP contribution in [-0.4, -0.2) is 10.9 Å². The number of hydrogen-bond acceptors (Lipinski definition) is 2. The topological polar surface area (TPSA) is 70.9 Å². The summed E-state index contributed by atoms with van der Waals surface area (Å²) in [5.41, 5.74) is 8.74. The first kappa shape index (κ1) is 13.5. The normalized spacial score (nSPS) is 10.7. The molecule has 1 amide bonds. The summed E-state index contributed by atoms with van der Waals surface area (Å²) in [6.45, 7) is 0. The van der Waals surface area contributed by atoms with Crippen LogP contribution in [-0.2, 0) is 11.2 Å². The lowest BCUT2D eigenvalue weighted by Crippen LogP contribution is -2.14. The Balaban J connectivity index is 1.71. The van der Waals surface area contributed by atoms with Crippen LogP contribution >= 0.6 is 11.6 Å². The SMILES string of the molecule is Nc1ccc(NC(=O)Cc2ccc3cc[nH]c3c2)cc1Cl. The Kier molecular flexibility index (Phi) is 3.54. The van der Waals surface area contributed by atoms with Gasteiger partial charge in [0.1, 0.15) is 0 Å². The molecule has 0 aliphatic carbocycles. The lowest BCUT2D eigenvalue weighted by Gasteiger charge is -2.07. The van der Waals surface area contributed by atoms with E-state index in [1.54, 1.807) is 18.2 Å². The van der Waals surface area contributed by atoms with E-state index >= 15 is 0 Å². The van der Waals surface area contributed by atoms with Crippen molar-refractivity contribution in [3.8, 4) is 0 Å². The van der Waals surface area contributed by atoms with Gasteiger partial charge in [0, 0.05) is 17.4 Å². The van der Waals surface area contributed by atoms with Gasteiger partial charge in [-0.05, 0) is 41.3 Å². The van der Waals surface area contributed by atoms with Crippen molar-refractivity contribution >= 4 is 39.8 Å². The molecular weight excluding hydrogens is 286 g/mol. The highest BCUT2D eigenvalue weighted by Gasteiger charge is 2.06. The van der Waals surface area contributed by atoms with E-state index in [0.717, 1.165) is 16.5 Å². The smallest absolute Gasteiger partial charge is 0.228 e. The molecule has 0 bridgehead atoms. The third-order valence-corrected chi connectivity index (χ3v) is 3.60. The van der Waals surface area contributed by atoms with Crippen molar-refractivity contribution in [1.29, 1.82) is 0 Å². The highest BCUT2D eigenvalue weighted by molar-refractivity contribution is 6.33. The van der Waals surface area contributed by atoms with Gasteiger partial charge < -0.3 is 16.0 Å². The minimum absolute atomic E-state index is 0.0956. The summed E-state index contributed by atoms with van der Waals surface area (Å²) in [7, 11) is 0. The first-order valence-electron chi connectivity index (χ1n) is 6.53. The Labute approximate surface area is 126 Å². The highest BCUT2D eigenvalue weighted by Crippen LogP contribution is 2.22. The monoisotopic (exact) mass is 299 g/mol. The van der Waals surface area contributed by atoms with Crippen LogP contribution in [0.15, 0.2) is 48.7 Å². The fourth-order valence-electron chi connectivity index (χ4n) is 2.20. The van der Waals surface area contributed by atoms with E-state index in [-0.39, 0.29) is 5.91 Å². The number of nitrogens with two attached hydrogens (primary N) is 1. The lowest BCUT2D eigenvalue weighted by molar-refractivity contribution is -0.115. The molecule has 21 heavy (non-hydrogen) atoms. The predicted octanol–water partition coefficient (Wildman–Crippen LogP) is 3.58. The average Bonchev–Trinajstić information content (AvgIpc) is 2.90. The Morgan fingerprint density at radius 1 is 1.19 bits per heavy atom. The maximum atomic E-state index is 12.1. The number of aromatic nitrogens is 1. The molecule has 0 unspecified atom stereocenters. The van der Waals surface area contributed by atoms with Crippen LogP contribution in [0.1, 0.15) is 5.56 Å². The van der Waals surface area contributed by atoms with Crippen molar-refractivity contribution in [2.75, 3.05) is 11.1 Å². The van der Waals surface area contributed by atoms with Gasteiger partial charge in [0.2, 0.25) is 5.91 Å². The number of hydrogen-bond donors (Lipinski definition) is 3. The van der Waals surface area contributed by atoms with Crippen LogP contribution < -0.4 is 11.1 Å². The summed E-state index contributed by atoms with van der Waals surface area (Å²) in [6, 6.07) is 13.0. The van der Waals surface area contributed by atoms with Gasteiger partial charge in [-0.25, -0.2) is 0 Å². The molecule has 1 aromatic heterocycles. The maximum absolute atomic E-state index is 12.1. The molecular formula is C16H14ClN3O. The molecule has 3 rings (SSSR count). The van der Waals surface area contributed by atoms with Gasteiger partial charge in [0.25, 0.3) is 0 Å². The van der Waals surface area contributed by atoms with Crippen LogP contribution in [0.25, 0.3) is 10.9 Å². The van der Waals surface area contributed by atoms with Crippen molar-refractivity contribution < 1.29 is 4.79 Å². The predicted molar refractivity (Wildman–Crippen MR) is 86.5 cm³/mol. The molecule has 0 radical (unpaired) electrons. The molecule has 1 heterocycles. The summed E-state index contributed by atoms with van der Waals surface area (Å²) in [6.07, 6.45) is 2.18. The van der Waals surface area contributed by atoms with Crippen LogP contribution in [0, 0.1) is 0 Å². The van der Waals surface area contributed by atoms with Crippen molar-refractivity contribution in [3.63, 3.8) is 0 Å². The molecule has 3 aromatic rings. The van der Waals surface area contributed by atoms with Crippen LogP contribution in [0.5, 0.6) is 0 Å². The molecule has 0 saturated carbocycles. The van der Waals surface area contributed by atoms with E-state index < -0.39 is 0 Å². The molecule has 4 N–H and O–H groups in total.